The summed E-state index contributed by atoms with van der Waals surface area (Å²) in [6, 6.07) is 18.7. The number of aliphatic hydroxyl groups excluding tert-OH is 1. The van der Waals surface area contributed by atoms with Crippen molar-refractivity contribution in [2.24, 2.45) is 9.98 Å². The fourth-order valence-corrected chi connectivity index (χ4v) is 6.60. The summed E-state index contributed by atoms with van der Waals surface area (Å²) in [6.07, 6.45) is 8.13. The van der Waals surface area contributed by atoms with E-state index in [0.717, 1.165) is 45.9 Å². The highest BCUT2D eigenvalue weighted by molar-refractivity contribution is 7.14. The van der Waals surface area contributed by atoms with Gasteiger partial charge in [0.15, 0.2) is 5.84 Å². The Kier molecular flexibility index (Phi) is 13.9. The summed E-state index contributed by atoms with van der Waals surface area (Å²) in [5.74, 6) is 0.877. The number of aliphatic hydroxyl groups is 1. The maximum absolute atomic E-state index is 13.6. The lowest BCUT2D eigenvalue weighted by Crippen LogP contribution is -2.49. The Balaban J connectivity index is 1.42. The maximum Gasteiger partial charge on any atom is 0.262 e. The molecule has 2 amide bonds. The van der Waals surface area contributed by atoms with Crippen molar-refractivity contribution in [1.82, 2.24) is 10.2 Å². The van der Waals surface area contributed by atoms with Gasteiger partial charge in [-0.2, -0.15) is 0 Å². The molecule has 3 aromatic rings. The number of rotatable bonds is 15. The van der Waals surface area contributed by atoms with Gasteiger partial charge in [0.25, 0.3) is 5.91 Å². The van der Waals surface area contributed by atoms with Gasteiger partial charge in [-0.15, -0.1) is 11.3 Å². The number of hydrogen-bond donors (Lipinski definition) is 2. The molecule has 1 fully saturated rings. The van der Waals surface area contributed by atoms with Crippen molar-refractivity contribution in [3.05, 3.63) is 93.3 Å². The van der Waals surface area contributed by atoms with E-state index in [4.69, 9.17) is 4.74 Å². The first kappa shape index (κ1) is 37.7. The molecule has 1 aliphatic rings. The molecule has 4 rings (SSSR count). The molecule has 0 radical (unpaired) electrons. The van der Waals surface area contributed by atoms with Crippen LogP contribution >= 0.6 is 11.3 Å². The highest BCUT2D eigenvalue weighted by Crippen LogP contribution is 2.29. The van der Waals surface area contributed by atoms with Crippen molar-refractivity contribution in [2.75, 3.05) is 19.7 Å². The van der Waals surface area contributed by atoms with E-state index < -0.39 is 12.1 Å². The first-order chi connectivity index (χ1) is 23.5. The van der Waals surface area contributed by atoms with Gasteiger partial charge < -0.3 is 20.1 Å². The number of carbonyl (C=O) groups is 2. The van der Waals surface area contributed by atoms with Gasteiger partial charge in [-0.1, -0.05) is 89.8 Å². The predicted octanol–water partition coefficient (Wildman–Crippen LogP) is 7.84. The van der Waals surface area contributed by atoms with Crippen molar-refractivity contribution in [3.63, 3.8) is 0 Å². The molecule has 2 N–H and O–H groups in total. The summed E-state index contributed by atoms with van der Waals surface area (Å²) in [7, 11) is 0. The van der Waals surface area contributed by atoms with E-state index in [2.05, 4.69) is 49.7 Å². The van der Waals surface area contributed by atoms with Crippen molar-refractivity contribution in [3.8, 4) is 5.75 Å². The molecule has 0 saturated carbocycles. The van der Waals surface area contributed by atoms with E-state index in [0.29, 0.717) is 30.1 Å². The maximum atomic E-state index is 13.6. The van der Waals surface area contributed by atoms with Crippen molar-refractivity contribution < 1.29 is 19.4 Å². The van der Waals surface area contributed by atoms with E-state index in [1.165, 1.54) is 37.0 Å². The van der Waals surface area contributed by atoms with Gasteiger partial charge >= 0.3 is 0 Å². The fraction of sp³-hybridized carbons (Fsp3) is 0.450. The molecule has 0 unspecified atom stereocenters. The van der Waals surface area contributed by atoms with Gasteiger partial charge in [-0.05, 0) is 72.9 Å². The zero-order valence-corrected chi connectivity index (χ0v) is 30.5. The first-order valence-corrected chi connectivity index (χ1v) is 18.2. The zero-order valence-electron chi connectivity index (χ0n) is 29.7. The van der Waals surface area contributed by atoms with Crippen LogP contribution < -0.4 is 10.1 Å². The number of likely N-dealkylation sites (tertiary alicyclic amines) is 1. The van der Waals surface area contributed by atoms with Crippen LogP contribution in [-0.2, 0) is 16.6 Å². The number of thiophene rings is 1. The number of nitrogens with zero attached hydrogens (tertiary/aromatic N) is 3. The second-order valence-electron chi connectivity index (χ2n) is 13.8. The van der Waals surface area contributed by atoms with Gasteiger partial charge in [-0.3, -0.25) is 9.59 Å². The van der Waals surface area contributed by atoms with E-state index in [-0.39, 0.29) is 23.8 Å². The molecule has 0 bridgehead atoms. The molecule has 8 nitrogen and oxygen atoms in total. The largest absolute Gasteiger partial charge is 0.494 e. The van der Waals surface area contributed by atoms with Crippen LogP contribution in [0.15, 0.2) is 76.8 Å². The molecule has 1 aliphatic heterocycles. The van der Waals surface area contributed by atoms with Gasteiger partial charge in [0.05, 0.1) is 17.6 Å². The number of amides is 2. The molecular formula is C40H52N4O4S. The number of allylic oxidation sites excluding steroid dienone is 1. The monoisotopic (exact) mass is 684 g/mol. The third-order valence-corrected chi connectivity index (χ3v) is 10.2. The molecule has 262 valence electrons. The van der Waals surface area contributed by atoms with E-state index >= 15 is 0 Å². The highest BCUT2D eigenvalue weighted by Gasteiger charge is 2.32. The summed E-state index contributed by atoms with van der Waals surface area (Å²) < 4.78 is 5.90. The summed E-state index contributed by atoms with van der Waals surface area (Å²) in [4.78, 5) is 39.0. The molecule has 0 spiro atoms. The van der Waals surface area contributed by atoms with Gasteiger partial charge in [-0.25, -0.2) is 9.98 Å². The molecule has 1 saturated heterocycles. The molecule has 1 aromatic heterocycles. The van der Waals surface area contributed by atoms with Crippen LogP contribution in [-0.4, -0.2) is 66.2 Å². The Hall–Kier alpha value is -4.08. The Labute approximate surface area is 296 Å². The van der Waals surface area contributed by atoms with Crippen molar-refractivity contribution >= 4 is 41.3 Å². The number of β-amino-alcohol motifs (C(OH)–C–C–N with tert-alkyl or cyclic N) is 1. The molecular weight excluding hydrogens is 633 g/mol. The number of nitrogens with one attached hydrogen (secondary N) is 1. The average Bonchev–Trinajstić information content (AvgIpc) is 3.77. The van der Waals surface area contributed by atoms with E-state index in [9.17, 15) is 14.7 Å². The average molecular weight is 685 g/mol. The van der Waals surface area contributed by atoms with Gasteiger partial charge in [0, 0.05) is 36.2 Å². The normalized spacial score (nSPS) is 16.0. The lowest BCUT2D eigenvalue weighted by molar-refractivity contribution is -0.132. The Morgan fingerprint density at radius 3 is 2.35 bits per heavy atom. The Bertz CT molecular complexity index is 1600. The van der Waals surface area contributed by atoms with Crippen LogP contribution in [0.25, 0.3) is 5.57 Å². The topological polar surface area (TPSA) is 104 Å². The number of ether oxygens (including phenoxy) is 1. The molecule has 2 atom stereocenters. The second-order valence-corrected chi connectivity index (χ2v) is 14.9. The Morgan fingerprint density at radius 1 is 1.04 bits per heavy atom. The second kappa shape index (κ2) is 18.1. The SMILES string of the molecule is C=N/C(=N\C=C(/C)c1ccc(OCCCCCCC)cc1)c1ccc(C[C@H](NC(=O)c2ccc(C(C)(C)C)s2)C(=O)N2CC[C@H](O)C2)cc1. The summed E-state index contributed by atoms with van der Waals surface area (Å²) in [5, 5.41) is 13.0. The Morgan fingerprint density at radius 2 is 1.73 bits per heavy atom. The third kappa shape index (κ3) is 11.2. The molecule has 9 heteroatoms. The van der Waals surface area contributed by atoms with Crippen LogP contribution in [0.4, 0.5) is 0 Å². The fourth-order valence-electron chi connectivity index (χ4n) is 5.63. The van der Waals surface area contributed by atoms with E-state index in [1.807, 2.05) is 67.6 Å². The van der Waals surface area contributed by atoms with Crippen LogP contribution in [0.5, 0.6) is 5.75 Å². The summed E-state index contributed by atoms with van der Waals surface area (Å²) >= 11 is 1.44. The van der Waals surface area contributed by atoms with Gasteiger partial charge in [0.2, 0.25) is 5.91 Å². The lowest BCUT2D eigenvalue weighted by atomic mass is 9.95. The minimum absolute atomic E-state index is 0.0729. The number of aliphatic imine (C=N–C) groups is 2. The number of unbranched alkanes of at least 4 members (excludes halogenated alkanes) is 4. The van der Waals surface area contributed by atoms with Crippen molar-refractivity contribution in [2.45, 2.75) is 97.1 Å². The number of benzene rings is 2. The van der Waals surface area contributed by atoms with Crippen LogP contribution in [0.2, 0.25) is 0 Å². The predicted molar refractivity (Wildman–Crippen MR) is 202 cm³/mol. The third-order valence-electron chi connectivity index (χ3n) is 8.66. The molecule has 2 aromatic carbocycles. The van der Waals surface area contributed by atoms with Gasteiger partial charge in [0.1, 0.15) is 11.8 Å². The smallest absolute Gasteiger partial charge is 0.262 e. The summed E-state index contributed by atoms with van der Waals surface area (Å²) in [5.41, 5.74) is 3.61. The summed E-state index contributed by atoms with van der Waals surface area (Å²) in [6.45, 7) is 15.7. The minimum Gasteiger partial charge on any atom is -0.494 e. The zero-order chi connectivity index (χ0) is 35.4. The molecule has 49 heavy (non-hydrogen) atoms. The van der Waals surface area contributed by atoms with Crippen LogP contribution in [0.3, 0.4) is 0 Å². The van der Waals surface area contributed by atoms with Crippen molar-refractivity contribution in [1.29, 1.82) is 0 Å². The number of carbonyl (C=O) groups excluding carboxylic acids is 2. The highest BCUT2D eigenvalue weighted by atomic mass is 32.1. The van der Waals surface area contributed by atoms with Crippen LogP contribution in [0, 0.1) is 0 Å². The number of amidine groups is 1. The molecule has 2 heterocycles. The number of hydrogen-bond acceptors (Lipinski definition) is 6. The molecule has 0 aliphatic carbocycles. The lowest BCUT2D eigenvalue weighted by Gasteiger charge is -2.24. The van der Waals surface area contributed by atoms with Crippen LogP contribution in [0.1, 0.15) is 104 Å². The minimum atomic E-state index is -0.775. The quantitative estimate of drug-likeness (QED) is 0.0967. The first-order valence-electron chi connectivity index (χ1n) is 17.4. The standard InChI is InChI=1S/C40H52N4O4S/c1-7-8-9-10-11-24-48-33-18-16-30(17-19-33)28(2)26-42-37(41-6)31-14-12-29(13-15-31)25-34(39(47)44-23-22-32(45)27-44)43-38(46)35-20-21-36(49-35)40(3,4)5/h12-21,26,32,34,45H,6-11,22-25,27H2,1-5H3,(H,43,46)/b28-26+,42-37-/t32-,34-/m0/s1. The van der Waals surface area contributed by atoms with E-state index in [1.54, 1.807) is 11.1 Å².